The van der Waals surface area contributed by atoms with Crippen LogP contribution in [0.3, 0.4) is 0 Å². The maximum Gasteiger partial charge on any atom is 0.269 e. The summed E-state index contributed by atoms with van der Waals surface area (Å²) in [6, 6.07) is 6.01. The second-order valence-electron chi connectivity index (χ2n) is 6.08. The van der Waals surface area contributed by atoms with Gasteiger partial charge in [0.15, 0.2) is 0 Å². The molecule has 7 heteroatoms. The van der Waals surface area contributed by atoms with Crippen LogP contribution in [0.5, 0.6) is 0 Å². The molecule has 126 valence electrons. The molecule has 0 aliphatic heterocycles. The molecule has 23 heavy (non-hydrogen) atoms. The zero-order valence-corrected chi connectivity index (χ0v) is 13.3. The van der Waals surface area contributed by atoms with E-state index >= 15 is 0 Å². The Morgan fingerprint density at radius 3 is 2.48 bits per heavy atom. The average molecular weight is 321 g/mol. The Kier molecular flexibility index (Phi) is 6.06. The van der Waals surface area contributed by atoms with Gasteiger partial charge >= 0.3 is 0 Å². The van der Waals surface area contributed by atoms with Crippen LogP contribution in [0.4, 0.5) is 5.69 Å². The van der Waals surface area contributed by atoms with Gasteiger partial charge in [0.05, 0.1) is 11.0 Å². The molecule has 0 radical (unpaired) electrons. The minimum Gasteiger partial charge on any atom is -0.292 e. The molecule has 0 heterocycles. The highest BCUT2D eigenvalue weighted by atomic mass is 16.6. The number of carbonyl (C=O) groups excluding carboxylic acids is 1. The summed E-state index contributed by atoms with van der Waals surface area (Å²) in [5.74, 6) is -0.448. The number of benzene rings is 1. The molecular formula is C16H23N3O4. The molecular weight excluding hydrogens is 298 g/mol. The van der Waals surface area contributed by atoms with E-state index in [1.165, 1.54) is 18.6 Å². The van der Waals surface area contributed by atoms with Crippen molar-refractivity contribution in [3.8, 4) is 0 Å². The van der Waals surface area contributed by atoms with Gasteiger partial charge in [-0.25, -0.2) is 5.48 Å². The predicted molar refractivity (Wildman–Crippen MR) is 85.2 cm³/mol. The average Bonchev–Trinajstić information content (AvgIpc) is 2.59. The van der Waals surface area contributed by atoms with Gasteiger partial charge in [0.2, 0.25) is 0 Å². The number of nitro groups is 1. The van der Waals surface area contributed by atoms with E-state index in [0.29, 0.717) is 12.5 Å². The minimum absolute atomic E-state index is 0.0255. The van der Waals surface area contributed by atoms with E-state index in [4.69, 9.17) is 5.21 Å². The van der Waals surface area contributed by atoms with Crippen molar-refractivity contribution in [2.24, 2.45) is 0 Å². The summed E-state index contributed by atoms with van der Waals surface area (Å²) in [4.78, 5) is 24.3. The first-order valence-corrected chi connectivity index (χ1v) is 7.92. The summed E-state index contributed by atoms with van der Waals surface area (Å²) in [6.07, 6.45) is 6.03. The monoisotopic (exact) mass is 321 g/mol. The Balaban J connectivity index is 2.11. The summed E-state index contributed by atoms with van der Waals surface area (Å²) in [7, 11) is 1.90. The molecule has 7 nitrogen and oxygen atoms in total. The fourth-order valence-corrected chi connectivity index (χ4v) is 3.22. The van der Waals surface area contributed by atoms with Crippen molar-refractivity contribution >= 4 is 11.6 Å². The number of hydrogen-bond donors (Lipinski definition) is 2. The molecule has 0 saturated heterocycles. The van der Waals surface area contributed by atoms with Crippen LogP contribution in [0.25, 0.3) is 0 Å². The summed E-state index contributed by atoms with van der Waals surface area (Å²) < 4.78 is 0. The van der Waals surface area contributed by atoms with Crippen molar-refractivity contribution in [1.29, 1.82) is 0 Å². The Labute approximate surface area is 135 Å². The van der Waals surface area contributed by atoms with E-state index in [-0.39, 0.29) is 5.69 Å². The van der Waals surface area contributed by atoms with Crippen LogP contribution in [0, 0.1) is 10.1 Å². The molecule has 1 saturated carbocycles. The van der Waals surface area contributed by atoms with Gasteiger partial charge < -0.3 is 0 Å². The van der Waals surface area contributed by atoms with E-state index < -0.39 is 16.9 Å². The first-order valence-electron chi connectivity index (χ1n) is 7.92. The summed E-state index contributed by atoms with van der Waals surface area (Å²) >= 11 is 0. The zero-order chi connectivity index (χ0) is 16.8. The third kappa shape index (κ3) is 4.49. The number of hydroxylamine groups is 1. The van der Waals surface area contributed by atoms with Crippen LogP contribution in [0.15, 0.2) is 24.3 Å². The van der Waals surface area contributed by atoms with Crippen molar-refractivity contribution in [2.75, 3.05) is 7.05 Å². The quantitative estimate of drug-likeness (QED) is 0.476. The second-order valence-corrected chi connectivity index (χ2v) is 6.08. The van der Waals surface area contributed by atoms with Crippen LogP contribution in [-0.2, 0) is 11.2 Å². The fourth-order valence-electron chi connectivity index (χ4n) is 3.22. The Morgan fingerprint density at radius 2 is 1.96 bits per heavy atom. The first-order chi connectivity index (χ1) is 11.0. The lowest BCUT2D eigenvalue weighted by atomic mass is 9.92. The number of amides is 1. The number of non-ortho nitro benzene ring substituents is 1. The van der Waals surface area contributed by atoms with E-state index in [9.17, 15) is 14.9 Å². The number of rotatable bonds is 6. The molecule has 1 aliphatic rings. The van der Waals surface area contributed by atoms with Gasteiger partial charge in [-0.1, -0.05) is 31.4 Å². The van der Waals surface area contributed by atoms with E-state index in [2.05, 4.69) is 0 Å². The van der Waals surface area contributed by atoms with E-state index in [1.807, 2.05) is 11.9 Å². The Bertz CT molecular complexity index is 541. The van der Waals surface area contributed by atoms with Gasteiger partial charge in [-0.3, -0.25) is 25.0 Å². The van der Waals surface area contributed by atoms with Gasteiger partial charge in [-0.15, -0.1) is 0 Å². The van der Waals surface area contributed by atoms with Crippen molar-refractivity contribution in [1.82, 2.24) is 10.4 Å². The molecule has 1 fully saturated rings. The number of nitrogens with one attached hydrogen (secondary N) is 1. The smallest absolute Gasteiger partial charge is 0.269 e. The number of nitrogens with zero attached hydrogens (tertiary/aromatic N) is 2. The molecule has 1 amide bonds. The highest BCUT2D eigenvalue weighted by Crippen LogP contribution is 2.24. The lowest BCUT2D eigenvalue weighted by Gasteiger charge is -2.36. The topological polar surface area (TPSA) is 95.7 Å². The van der Waals surface area contributed by atoms with Crippen LogP contribution >= 0.6 is 0 Å². The fraction of sp³-hybridized carbons (Fsp3) is 0.562. The van der Waals surface area contributed by atoms with Gasteiger partial charge in [0.1, 0.15) is 0 Å². The predicted octanol–water partition coefficient (Wildman–Crippen LogP) is 2.28. The third-order valence-corrected chi connectivity index (χ3v) is 4.63. The number of carbonyl (C=O) groups is 1. The lowest BCUT2D eigenvalue weighted by Crippen LogP contribution is -2.50. The third-order valence-electron chi connectivity index (χ3n) is 4.63. The maximum atomic E-state index is 12.1. The highest BCUT2D eigenvalue weighted by molar-refractivity contribution is 5.81. The van der Waals surface area contributed by atoms with Crippen molar-refractivity contribution in [3.05, 3.63) is 39.9 Å². The summed E-state index contributed by atoms with van der Waals surface area (Å²) in [5.41, 5.74) is 2.60. The lowest BCUT2D eigenvalue weighted by molar-refractivity contribution is -0.384. The van der Waals surface area contributed by atoms with Gasteiger partial charge in [0.25, 0.3) is 11.6 Å². The van der Waals surface area contributed by atoms with Gasteiger partial charge in [-0.2, -0.15) is 0 Å². The second kappa shape index (κ2) is 8.03. The Morgan fingerprint density at radius 1 is 1.35 bits per heavy atom. The minimum atomic E-state index is -0.496. The zero-order valence-electron chi connectivity index (χ0n) is 13.3. The van der Waals surface area contributed by atoms with Crippen molar-refractivity contribution < 1.29 is 14.9 Å². The molecule has 1 aliphatic carbocycles. The van der Waals surface area contributed by atoms with Gasteiger partial charge in [0, 0.05) is 18.2 Å². The molecule has 1 aromatic carbocycles. The number of hydrogen-bond acceptors (Lipinski definition) is 5. The molecule has 0 bridgehead atoms. The number of likely N-dealkylation sites (N-methyl/N-ethyl adjacent to an activating group) is 1. The first kappa shape index (κ1) is 17.4. The van der Waals surface area contributed by atoms with Gasteiger partial charge in [-0.05, 0) is 31.9 Å². The molecule has 0 spiro atoms. The molecule has 1 aromatic rings. The molecule has 1 atom stereocenters. The highest BCUT2D eigenvalue weighted by Gasteiger charge is 2.29. The molecule has 2 rings (SSSR count). The van der Waals surface area contributed by atoms with Crippen molar-refractivity contribution in [2.45, 2.75) is 50.6 Å². The normalized spacial score (nSPS) is 17.0. The maximum absolute atomic E-state index is 12.1. The summed E-state index contributed by atoms with van der Waals surface area (Å²) in [5, 5.41) is 19.7. The number of nitro benzene ring substituents is 1. The Hall–Kier alpha value is -1.99. The largest absolute Gasteiger partial charge is 0.292 e. The van der Waals surface area contributed by atoms with Crippen LogP contribution in [0.2, 0.25) is 0 Å². The van der Waals surface area contributed by atoms with Crippen molar-refractivity contribution in [3.63, 3.8) is 0 Å². The van der Waals surface area contributed by atoms with Crippen LogP contribution < -0.4 is 5.48 Å². The summed E-state index contributed by atoms with van der Waals surface area (Å²) in [6.45, 7) is 0. The standard InChI is InChI=1S/C16H23N3O4/c1-18(13-5-3-2-4-6-13)15(16(20)17-21)11-12-7-9-14(10-8-12)19(22)23/h7-10,13,15,21H,2-6,11H2,1H3,(H,17,20)/t15-/m0/s1. The van der Waals surface area contributed by atoms with E-state index in [1.54, 1.807) is 17.6 Å². The van der Waals surface area contributed by atoms with E-state index in [0.717, 1.165) is 31.2 Å². The van der Waals surface area contributed by atoms with Crippen LogP contribution in [0.1, 0.15) is 37.7 Å². The molecule has 2 N–H and O–H groups in total. The SMILES string of the molecule is CN(C1CCCCC1)[C@@H](Cc1ccc([N+](=O)[O-])cc1)C(=O)NO. The molecule has 0 unspecified atom stereocenters. The van der Waals surface area contributed by atoms with Crippen LogP contribution in [-0.4, -0.2) is 40.1 Å². The molecule has 0 aromatic heterocycles.